The summed E-state index contributed by atoms with van der Waals surface area (Å²) in [6.07, 6.45) is 1.74. The second kappa shape index (κ2) is 5.42. The first-order valence-electron chi connectivity index (χ1n) is 5.31. The van der Waals surface area contributed by atoms with Gasteiger partial charge in [0.15, 0.2) is 0 Å². The van der Waals surface area contributed by atoms with Crippen LogP contribution in [0.25, 0.3) is 0 Å². The van der Waals surface area contributed by atoms with Crippen LogP contribution < -0.4 is 10.5 Å². The molecule has 0 aliphatic rings. The smallest absolute Gasteiger partial charge is 0.119 e. The van der Waals surface area contributed by atoms with Crippen molar-refractivity contribution in [3.8, 4) is 5.75 Å². The Bertz CT molecular complexity index is 549. The number of aromatic nitrogens is 2. The molecule has 6 heteroatoms. The number of nitrogens with two attached hydrogens (primary N) is 1. The van der Waals surface area contributed by atoms with Crippen LogP contribution in [0.15, 0.2) is 33.3 Å². The topological polar surface area (TPSA) is 53.1 Å². The zero-order chi connectivity index (χ0) is 13.3. The summed E-state index contributed by atoms with van der Waals surface area (Å²) in [5, 5.41) is 4.18. The molecule has 0 aliphatic carbocycles. The molecule has 0 saturated carbocycles. The van der Waals surface area contributed by atoms with Gasteiger partial charge in [0.2, 0.25) is 0 Å². The summed E-state index contributed by atoms with van der Waals surface area (Å²) in [6.45, 7) is 0. The average molecular weight is 375 g/mol. The molecule has 0 fully saturated rings. The minimum atomic E-state index is -0.281. The number of halogens is 2. The van der Waals surface area contributed by atoms with Gasteiger partial charge in [-0.2, -0.15) is 5.10 Å². The van der Waals surface area contributed by atoms with Crippen LogP contribution in [-0.4, -0.2) is 16.9 Å². The third-order valence-corrected chi connectivity index (χ3v) is 4.10. The van der Waals surface area contributed by atoms with E-state index in [0.29, 0.717) is 0 Å². The third kappa shape index (κ3) is 2.46. The largest absolute Gasteiger partial charge is 0.497 e. The number of rotatable bonds is 3. The van der Waals surface area contributed by atoms with E-state index in [2.05, 4.69) is 37.0 Å². The van der Waals surface area contributed by atoms with Gasteiger partial charge in [0, 0.05) is 11.5 Å². The number of hydrogen-bond donors (Lipinski definition) is 1. The Labute approximate surface area is 122 Å². The molecule has 0 saturated heterocycles. The van der Waals surface area contributed by atoms with Gasteiger partial charge >= 0.3 is 0 Å². The Morgan fingerprint density at radius 2 is 2.06 bits per heavy atom. The predicted octanol–water partition coefficient (Wildman–Crippen LogP) is 3.00. The second-order valence-corrected chi connectivity index (χ2v) is 5.58. The van der Waals surface area contributed by atoms with Crippen molar-refractivity contribution in [2.45, 2.75) is 6.04 Å². The Hall–Kier alpha value is -0.850. The van der Waals surface area contributed by atoms with Gasteiger partial charge in [-0.15, -0.1) is 0 Å². The molecule has 2 aromatic rings. The standard InChI is InChI=1S/C12H13Br2N3O/c1-17-12(10(14)6-16-17)11(15)8-5-7(18-2)3-4-9(8)13/h3-6,11H,15H2,1-2H3. The Kier molecular flexibility index (Phi) is 4.09. The van der Waals surface area contributed by atoms with E-state index < -0.39 is 0 Å². The number of hydrogen-bond acceptors (Lipinski definition) is 3. The van der Waals surface area contributed by atoms with Crippen LogP contribution in [-0.2, 0) is 7.05 Å². The van der Waals surface area contributed by atoms with Crippen molar-refractivity contribution >= 4 is 31.9 Å². The summed E-state index contributed by atoms with van der Waals surface area (Å²) >= 11 is 6.98. The monoisotopic (exact) mass is 373 g/mol. The highest BCUT2D eigenvalue weighted by Crippen LogP contribution is 2.32. The first-order chi connectivity index (χ1) is 8.54. The van der Waals surface area contributed by atoms with Gasteiger partial charge < -0.3 is 10.5 Å². The van der Waals surface area contributed by atoms with Gasteiger partial charge in [0.25, 0.3) is 0 Å². The van der Waals surface area contributed by atoms with Crippen LogP contribution in [0, 0.1) is 0 Å². The molecule has 1 heterocycles. The van der Waals surface area contributed by atoms with Gasteiger partial charge in [0.05, 0.1) is 29.5 Å². The van der Waals surface area contributed by atoms with Crippen LogP contribution in [0.3, 0.4) is 0 Å². The van der Waals surface area contributed by atoms with Crippen molar-refractivity contribution in [1.29, 1.82) is 0 Å². The van der Waals surface area contributed by atoms with Crippen LogP contribution in [0.1, 0.15) is 17.3 Å². The summed E-state index contributed by atoms with van der Waals surface area (Å²) in [7, 11) is 3.51. The lowest BCUT2D eigenvalue weighted by molar-refractivity contribution is 0.414. The molecule has 2 N–H and O–H groups in total. The van der Waals surface area contributed by atoms with Crippen LogP contribution in [0.2, 0.25) is 0 Å². The molecule has 0 radical (unpaired) electrons. The second-order valence-electron chi connectivity index (χ2n) is 3.87. The third-order valence-electron chi connectivity index (χ3n) is 2.77. The van der Waals surface area contributed by atoms with Crippen molar-refractivity contribution < 1.29 is 4.74 Å². The molecule has 4 nitrogen and oxygen atoms in total. The predicted molar refractivity (Wildman–Crippen MR) is 77.6 cm³/mol. The minimum absolute atomic E-state index is 0.281. The molecule has 18 heavy (non-hydrogen) atoms. The minimum Gasteiger partial charge on any atom is -0.497 e. The van der Waals surface area contributed by atoms with Crippen LogP contribution >= 0.6 is 31.9 Å². The Balaban J connectivity index is 2.48. The molecule has 0 amide bonds. The highest BCUT2D eigenvalue weighted by molar-refractivity contribution is 9.10. The maximum atomic E-state index is 6.31. The molecule has 0 spiro atoms. The van der Waals surface area contributed by atoms with E-state index in [1.807, 2.05) is 25.2 Å². The molecule has 96 valence electrons. The van der Waals surface area contributed by atoms with Crippen LogP contribution in [0.5, 0.6) is 5.75 Å². The molecule has 1 unspecified atom stereocenters. The lowest BCUT2D eigenvalue weighted by Gasteiger charge is -2.16. The highest BCUT2D eigenvalue weighted by Gasteiger charge is 2.19. The van der Waals surface area contributed by atoms with E-state index in [-0.39, 0.29) is 6.04 Å². The molecule has 0 aliphatic heterocycles. The molecule has 0 bridgehead atoms. The molecule has 1 aromatic carbocycles. The lowest BCUT2D eigenvalue weighted by atomic mass is 10.0. The fraction of sp³-hybridized carbons (Fsp3) is 0.250. The van der Waals surface area contributed by atoms with E-state index >= 15 is 0 Å². The maximum absolute atomic E-state index is 6.31. The molecule has 1 aromatic heterocycles. The molecule has 2 rings (SSSR count). The fourth-order valence-corrected chi connectivity index (χ4v) is 2.89. The van der Waals surface area contributed by atoms with Gasteiger partial charge in [0.1, 0.15) is 5.75 Å². The zero-order valence-corrected chi connectivity index (χ0v) is 13.2. The van der Waals surface area contributed by atoms with Crippen molar-refractivity contribution in [3.63, 3.8) is 0 Å². The summed E-state index contributed by atoms with van der Waals surface area (Å²) in [5.74, 6) is 0.780. The molecule has 1 atom stereocenters. The first kappa shape index (κ1) is 13.6. The summed E-state index contributed by atoms with van der Waals surface area (Å²) in [4.78, 5) is 0. The van der Waals surface area contributed by atoms with Gasteiger partial charge in [-0.05, 0) is 39.7 Å². The van der Waals surface area contributed by atoms with Gasteiger partial charge in [-0.25, -0.2) is 0 Å². The number of benzene rings is 1. The summed E-state index contributed by atoms with van der Waals surface area (Å²) in [6, 6.07) is 5.46. The SMILES string of the molecule is COc1ccc(Br)c(C(N)c2c(Br)cnn2C)c1. The van der Waals surface area contributed by atoms with E-state index in [0.717, 1.165) is 26.0 Å². The molecular formula is C12H13Br2N3O. The quantitative estimate of drug-likeness (QED) is 0.898. The van der Waals surface area contributed by atoms with Crippen LogP contribution in [0.4, 0.5) is 0 Å². The lowest BCUT2D eigenvalue weighted by Crippen LogP contribution is -2.17. The Morgan fingerprint density at radius 1 is 1.33 bits per heavy atom. The van der Waals surface area contributed by atoms with E-state index in [9.17, 15) is 0 Å². The van der Waals surface area contributed by atoms with Crippen molar-refractivity contribution in [2.75, 3.05) is 7.11 Å². The van der Waals surface area contributed by atoms with Gasteiger partial charge in [-0.3, -0.25) is 4.68 Å². The summed E-state index contributed by atoms with van der Waals surface area (Å²) in [5.41, 5.74) is 8.19. The number of ether oxygens (including phenoxy) is 1. The highest BCUT2D eigenvalue weighted by atomic mass is 79.9. The normalized spacial score (nSPS) is 12.5. The van der Waals surface area contributed by atoms with E-state index in [4.69, 9.17) is 10.5 Å². The van der Waals surface area contributed by atoms with E-state index in [1.54, 1.807) is 18.0 Å². The van der Waals surface area contributed by atoms with Crippen molar-refractivity contribution in [3.05, 3.63) is 44.6 Å². The molecular weight excluding hydrogens is 362 g/mol. The first-order valence-corrected chi connectivity index (χ1v) is 6.89. The van der Waals surface area contributed by atoms with E-state index in [1.165, 1.54) is 0 Å². The van der Waals surface area contributed by atoms with Gasteiger partial charge in [-0.1, -0.05) is 15.9 Å². The maximum Gasteiger partial charge on any atom is 0.119 e. The fourth-order valence-electron chi connectivity index (χ4n) is 1.80. The number of nitrogens with zero attached hydrogens (tertiary/aromatic N) is 2. The number of aryl methyl sites for hydroxylation is 1. The van der Waals surface area contributed by atoms with Crippen molar-refractivity contribution in [2.24, 2.45) is 12.8 Å². The average Bonchev–Trinajstić information content (AvgIpc) is 2.69. The Morgan fingerprint density at radius 3 is 2.61 bits per heavy atom. The zero-order valence-electron chi connectivity index (χ0n) is 10.0. The number of methoxy groups -OCH3 is 1. The summed E-state index contributed by atoms with van der Waals surface area (Å²) < 4.78 is 8.84. The van der Waals surface area contributed by atoms with Crippen molar-refractivity contribution in [1.82, 2.24) is 9.78 Å².